The quantitative estimate of drug-likeness (QED) is 0.929. The van der Waals surface area contributed by atoms with Gasteiger partial charge >= 0.3 is 5.97 Å². The lowest BCUT2D eigenvalue weighted by atomic mass is 10.3. The van der Waals surface area contributed by atoms with Gasteiger partial charge in [-0.25, -0.2) is 9.78 Å². The van der Waals surface area contributed by atoms with E-state index in [9.17, 15) is 4.79 Å². The molecule has 0 radical (unpaired) electrons. The lowest BCUT2D eigenvalue weighted by Gasteiger charge is -2.07. The molecular formula is C12H7Cl2NO3. The number of hydrogen-bond acceptors (Lipinski definition) is 3. The summed E-state index contributed by atoms with van der Waals surface area (Å²) in [7, 11) is 0. The van der Waals surface area contributed by atoms with Crippen LogP contribution in [-0.2, 0) is 0 Å². The molecule has 1 aromatic carbocycles. The van der Waals surface area contributed by atoms with Crippen molar-refractivity contribution < 1.29 is 14.6 Å². The summed E-state index contributed by atoms with van der Waals surface area (Å²) in [6.07, 6.45) is 1.31. The second-order valence-electron chi connectivity index (χ2n) is 3.36. The van der Waals surface area contributed by atoms with Gasteiger partial charge in [-0.1, -0.05) is 23.2 Å². The van der Waals surface area contributed by atoms with Crippen molar-refractivity contribution in [3.63, 3.8) is 0 Å². The summed E-state index contributed by atoms with van der Waals surface area (Å²) >= 11 is 11.7. The van der Waals surface area contributed by atoms with Crippen LogP contribution < -0.4 is 4.74 Å². The maximum Gasteiger partial charge on any atom is 0.354 e. The molecule has 0 saturated carbocycles. The molecule has 2 aromatic rings. The summed E-state index contributed by atoms with van der Waals surface area (Å²) in [5, 5.41) is 9.57. The first-order valence-electron chi connectivity index (χ1n) is 4.88. The highest BCUT2D eigenvalue weighted by Crippen LogP contribution is 2.31. The maximum absolute atomic E-state index is 10.6. The summed E-state index contributed by atoms with van der Waals surface area (Å²) in [5.41, 5.74) is -0.0513. The molecule has 1 aromatic heterocycles. The van der Waals surface area contributed by atoms with Crippen LogP contribution in [0.15, 0.2) is 36.5 Å². The minimum absolute atomic E-state index is 0.0513. The van der Waals surface area contributed by atoms with E-state index in [0.717, 1.165) is 0 Å². The number of pyridine rings is 1. The van der Waals surface area contributed by atoms with Crippen molar-refractivity contribution in [3.8, 4) is 11.5 Å². The molecule has 0 atom stereocenters. The SMILES string of the molecule is O=C(O)c1ccc(Oc2ccc(Cl)cc2Cl)cn1. The Balaban J connectivity index is 2.21. The summed E-state index contributed by atoms with van der Waals surface area (Å²) < 4.78 is 5.45. The standard InChI is InChI=1S/C12H7Cl2NO3/c13-7-1-4-11(9(14)5-7)18-8-2-3-10(12(16)17)15-6-8/h1-6H,(H,16,17). The minimum atomic E-state index is -1.09. The second-order valence-corrected chi connectivity index (χ2v) is 4.20. The molecule has 1 heterocycles. The van der Waals surface area contributed by atoms with Crippen molar-refractivity contribution in [1.29, 1.82) is 0 Å². The fourth-order valence-corrected chi connectivity index (χ4v) is 1.70. The first kappa shape index (κ1) is 12.7. The molecule has 0 spiro atoms. The van der Waals surface area contributed by atoms with Crippen LogP contribution in [0.2, 0.25) is 10.0 Å². The number of benzene rings is 1. The third kappa shape index (κ3) is 2.91. The van der Waals surface area contributed by atoms with E-state index in [0.29, 0.717) is 21.5 Å². The van der Waals surface area contributed by atoms with Gasteiger partial charge in [0.2, 0.25) is 0 Å². The zero-order valence-corrected chi connectivity index (χ0v) is 10.4. The van der Waals surface area contributed by atoms with Gasteiger partial charge in [0.15, 0.2) is 0 Å². The van der Waals surface area contributed by atoms with Gasteiger partial charge in [0.25, 0.3) is 0 Å². The predicted octanol–water partition coefficient (Wildman–Crippen LogP) is 3.88. The van der Waals surface area contributed by atoms with E-state index in [-0.39, 0.29) is 5.69 Å². The predicted molar refractivity (Wildman–Crippen MR) is 67.7 cm³/mol. The molecule has 2 rings (SSSR count). The highest BCUT2D eigenvalue weighted by atomic mass is 35.5. The number of aromatic carboxylic acids is 1. The molecule has 6 heteroatoms. The smallest absolute Gasteiger partial charge is 0.354 e. The Morgan fingerprint density at radius 1 is 1.22 bits per heavy atom. The van der Waals surface area contributed by atoms with Crippen LogP contribution in [0, 0.1) is 0 Å². The van der Waals surface area contributed by atoms with Crippen molar-refractivity contribution in [2.24, 2.45) is 0 Å². The van der Waals surface area contributed by atoms with Crippen molar-refractivity contribution in [2.45, 2.75) is 0 Å². The molecule has 0 fully saturated rings. The molecule has 92 valence electrons. The van der Waals surface area contributed by atoms with Crippen LogP contribution in [0.1, 0.15) is 10.5 Å². The Morgan fingerprint density at radius 3 is 2.56 bits per heavy atom. The monoisotopic (exact) mass is 283 g/mol. The van der Waals surface area contributed by atoms with Gasteiger partial charge in [0.05, 0.1) is 11.2 Å². The number of halogens is 2. The van der Waals surface area contributed by atoms with Crippen LogP contribution in [0.5, 0.6) is 11.5 Å². The van der Waals surface area contributed by atoms with Gasteiger partial charge < -0.3 is 9.84 Å². The molecule has 0 aliphatic rings. The van der Waals surface area contributed by atoms with Crippen molar-refractivity contribution in [1.82, 2.24) is 4.98 Å². The Labute approximate surface area is 113 Å². The van der Waals surface area contributed by atoms with E-state index in [2.05, 4.69) is 4.98 Å². The minimum Gasteiger partial charge on any atom is -0.477 e. The van der Waals surface area contributed by atoms with Crippen molar-refractivity contribution in [3.05, 3.63) is 52.3 Å². The van der Waals surface area contributed by atoms with Gasteiger partial charge in [-0.05, 0) is 30.3 Å². The van der Waals surface area contributed by atoms with E-state index in [1.807, 2.05) is 0 Å². The zero-order chi connectivity index (χ0) is 13.1. The van der Waals surface area contributed by atoms with Crippen LogP contribution in [0.3, 0.4) is 0 Å². The molecule has 0 saturated heterocycles. The number of ether oxygens (including phenoxy) is 1. The van der Waals surface area contributed by atoms with Gasteiger partial charge in [0.1, 0.15) is 17.2 Å². The first-order chi connectivity index (χ1) is 8.56. The molecule has 0 amide bonds. The van der Waals surface area contributed by atoms with E-state index in [4.69, 9.17) is 33.0 Å². The third-order valence-electron chi connectivity index (χ3n) is 2.08. The topological polar surface area (TPSA) is 59.4 Å². The molecule has 1 N–H and O–H groups in total. The van der Waals surface area contributed by atoms with E-state index in [1.165, 1.54) is 18.3 Å². The number of rotatable bonds is 3. The Bertz CT molecular complexity index is 584. The zero-order valence-electron chi connectivity index (χ0n) is 8.93. The average Bonchev–Trinajstić information content (AvgIpc) is 2.33. The Hall–Kier alpha value is -1.78. The molecule has 0 bridgehead atoms. The average molecular weight is 284 g/mol. The maximum atomic E-state index is 10.6. The molecule has 18 heavy (non-hydrogen) atoms. The summed E-state index contributed by atoms with van der Waals surface area (Å²) in [5.74, 6) is -0.277. The van der Waals surface area contributed by atoms with Gasteiger partial charge in [-0.3, -0.25) is 0 Å². The van der Waals surface area contributed by atoms with Crippen LogP contribution in [-0.4, -0.2) is 16.1 Å². The number of carboxylic acids is 1. The number of carboxylic acid groups (broad SMARTS) is 1. The molecule has 0 aliphatic heterocycles. The molecule has 4 nitrogen and oxygen atoms in total. The largest absolute Gasteiger partial charge is 0.477 e. The van der Waals surface area contributed by atoms with Crippen LogP contribution in [0.25, 0.3) is 0 Å². The number of carbonyl (C=O) groups is 1. The van der Waals surface area contributed by atoms with Gasteiger partial charge in [-0.2, -0.15) is 0 Å². The van der Waals surface area contributed by atoms with Crippen LogP contribution >= 0.6 is 23.2 Å². The van der Waals surface area contributed by atoms with Crippen LogP contribution in [0.4, 0.5) is 0 Å². The lowest BCUT2D eigenvalue weighted by molar-refractivity contribution is 0.0690. The highest BCUT2D eigenvalue weighted by molar-refractivity contribution is 6.35. The van der Waals surface area contributed by atoms with Crippen molar-refractivity contribution >= 4 is 29.2 Å². The number of nitrogens with zero attached hydrogens (tertiary/aromatic N) is 1. The molecule has 0 aliphatic carbocycles. The summed E-state index contributed by atoms with van der Waals surface area (Å²) in [6, 6.07) is 7.66. The van der Waals surface area contributed by atoms with Gasteiger partial charge in [0, 0.05) is 5.02 Å². The third-order valence-corrected chi connectivity index (χ3v) is 2.61. The number of aromatic nitrogens is 1. The fraction of sp³-hybridized carbons (Fsp3) is 0. The Kier molecular flexibility index (Phi) is 3.69. The van der Waals surface area contributed by atoms with E-state index in [1.54, 1.807) is 18.2 Å². The van der Waals surface area contributed by atoms with Crippen molar-refractivity contribution in [2.75, 3.05) is 0 Å². The summed E-state index contributed by atoms with van der Waals surface area (Å²) in [6.45, 7) is 0. The highest BCUT2D eigenvalue weighted by Gasteiger charge is 2.07. The molecular weight excluding hydrogens is 277 g/mol. The lowest BCUT2D eigenvalue weighted by Crippen LogP contribution is -1.99. The fourth-order valence-electron chi connectivity index (χ4n) is 1.25. The van der Waals surface area contributed by atoms with Gasteiger partial charge in [-0.15, -0.1) is 0 Å². The molecule has 0 unspecified atom stereocenters. The van der Waals surface area contributed by atoms with E-state index >= 15 is 0 Å². The van der Waals surface area contributed by atoms with E-state index < -0.39 is 5.97 Å². The normalized spacial score (nSPS) is 10.1. The second kappa shape index (κ2) is 5.25. The first-order valence-corrected chi connectivity index (χ1v) is 5.64. The summed E-state index contributed by atoms with van der Waals surface area (Å²) in [4.78, 5) is 14.4. The number of hydrogen-bond donors (Lipinski definition) is 1. The Morgan fingerprint density at radius 2 is 2.00 bits per heavy atom.